The minimum atomic E-state index is -3.51. The maximum absolute atomic E-state index is 12.1. The van der Waals surface area contributed by atoms with Gasteiger partial charge in [-0.1, -0.05) is 26.0 Å². The molecule has 1 aromatic rings. The lowest BCUT2D eigenvalue weighted by Crippen LogP contribution is -2.26. The smallest absolute Gasteiger partial charge is 0.240 e. The molecule has 0 saturated carbocycles. The lowest BCUT2D eigenvalue weighted by Gasteiger charge is -2.21. The summed E-state index contributed by atoms with van der Waals surface area (Å²) in [6.45, 7) is 4.30. The summed E-state index contributed by atoms with van der Waals surface area (Å²) >= 11 is 0. The van der Waals surface area contributed by atoms with Crippen LogP contribution in [0.4, 0.5) is 0 Å². The van der Waals surface area contributed by atoms with Gasteiger partial charge in [0.1, 0.15) is 0 Å². The van der Waals surface area contributed by atoms with Gasteiger partial charge >= 0.3 is 0 Å². The van der Waals surface area contributed by atoms with Gasteiger partial charge in [-0.2, -0.15) is 5.26 Å². The maximum atomic E-state index is 12.1. The average Bonchev–Trinajstić information content (AvgIpc) is 2.45. The van der Waals surface area contributed by atoms with Gasteiger partial charge in [-0.3, -0.25) is 0 Å². The van der Waals surface area contributed by atoms with Crippen molar-refractivity contribution >= 4 is 10.0 Å². The molecule has 0 heterocycles. The van der Waals surface area contributed by atoms with E-state index in [9.17, 15) is 8.42 Å². The number of aliphatic hydroxyl groups excluding tert-OH is 1. The topological polar surface area (TPSA) is 90.2 Å². The van der Waals surface area contributed by atoms with Crippen LogP contribution in [0.2, 0.25) is 0 Å². The second kappa shape index (κ2) is 7.55. The molecule has 0 fully saturated rings. The number of sulfonamides is 1. The molecule has 0 amide bonds. The molecule has 0 spiro atoms. The van der Waals surface area contributed by atoms with E-state index in [-0.39, 0.29) is 23.3 Å². The zero-order chi connectivity index (χ0) is 15.9. The third-order valence-corrected chi connectivity index (χ3v) is 4.74. The minimum absolute atomic E-state index is 0.0834. The summed E-state index contributed by atoms with van der Waals surface area (Å²) in [5.41, 5.74) is 0.603. The van der Waals surface area contributed by atoms with Crippen LogP contribution in [0.5, 0.6) is 0 Å². The first-order valence-electron chi connectivity index (χ1n) is 6.87. The van der Waals surface area contributed by atoms with Crippen LogP contribution in [0.3, 0.4) is 0 Å². The molecular formula is C15H22N2O3S. The molecule has 21 heavy (non-hydrogen) atoms. The Labute approximate surface area is 126 Å². The molecule has 0 aliphatic carbocycles. The zero-order valence-electron chi connectivity index (χ0n) is 12.5. The van der Waals surface area contributed by atoms with Crippen LogP contribution >= 0.6 is 0 Å². The second-order valence-corrected chi connectivity index (χ2v) is 7.57. The third-order valence-electron chi connectivity index (χ3n) is 3.27. The molecular weight excluding hydrogens is 288 g/mol. The SMILES string of the molecule is CC(C)(CO)CCCNS(=O)(=O)c1ccc(CC#N)cc1. The van der Waals surface area contributed by atoms with E-state index in [2.05, 4.69) is 4.72 Å². The zero-order valence-corrected chi connectivity index (χ0v) is 13.3. The summed E-state index contributed by atoms with van der Waals surface area (Å²) in [4.78, 5) is 0.200. The highest BCUT2D eigenvalue weighted by Gasteiger charge is 2.17. The highest BCUT2D eigenvalue weighted by Crippen LogP contribution is 2.20. The van der Waals surface area contributed by atoms with Crippen molar-refractivity contribution in [2.45, 2.75) is 38.0 Å². The summed E-state index contributed by atoms with van der Waals surface area (Å²) in [7, 11) is -3.51. The van der Waals surface area contributed by atoms with Gasteiger partial charge in [0.15, 0.2) is 0 Å². The van der Waals surface area contributed by atoms with E-state index in [1.807, 2.05) is 19.9 Å². The monoisotopic (exact) mass is 310 g/mol. The molecule has 6 heteroatoms. The largest absolute Gasteiger partial charge is 0.396 e. The molecule has 1 aromatic carbocycles. The first-order valence-corrected chi connectivity index (χ1v) is 8.35. The number of hydrogen-bond donors (Lipinski definition) is 2. The van der Waals surface area contributed by atoms with E-state index in [4.69, 9.17) is 10.4 Å². The number of rotatable bonds is 8. The Morgan fingerprint density at radius 3 is 2.43 bits per heavy atom. The molecule has 0 atom stereocenters. The standard InChI is InChI=1S/C15H22N2O3S/c1-15(2,12-18)9-3-11-17-21(19,20)14-6-4-13(5-7-14)8-10-16/h4-7,17-18H,3,8-9,11-12H2,1-2H3. The summed E-state index contributed by atoms with van der Waals surface area (Å²) in [6, 6.07) is 8.32. The lowest BCUT2D eigenvalue weighted by molar-refractivity contribution is 0.148. The molecule has 0 radical (unpaired) electrons. The van der Waals surface area contributed by atoms with Crippen LogP contribution in [0.1, 0.15) is 32.3 Å². The van der Waals surface area contributed by atoms with E-state index in [0.717, 1.165) is 12.0 Å². The minimum Gasteiger partial charge on any atom is -0.396 e. The maximum Gasteiger partial charge on any atom is 0.240 e. The lowest BCUT2D eigenvalue weighted by atomic mass is 9.89. The van der Waals surface area contributed by atoms with Crippen molar-refractivity contribution in [1.29, 1.82) is 5.26 Å². The first-order chi connectivity index (χ1) is 9.80. The van der Waals surface area contributed by atoms with E-state index in [1.54, 1.807) is 12.1 Å². The van der Waals surface area contributed by atoms with Gasteiger partial charge in [0.2, 0.25) is 10.0 Å². The van der Waals surface area contributed by atoms with Crippen molar-refractivity contribution in [3.8, 4) is 6.07 Å². The van der Waals surface area contributed by atoms with Crippen LogP contribution in [0, 0.1) is 16.7 Å². The van der Waals surface area contributed by atoms with Gasteiger partial charge in [-0.05, 0) is 36.0 Å². The Bertz CT molecular complexity index is 586. The Morgan fingerprint density at radius 1 is 1.29 bits per heavy atom. The fourth-order valence-corrected chi connectivity index (χ4v) is 2.89. The van der Waals surface area contributed by atoms with Gasteiger partial charge in [0.25, 0.3) is 0 Å². The molecule has 0 aliphatic rings. The fraction of sp³-hybridized carbons (Fsp3) is 0.533. The van der Waals surface area contributed by atoms with Crippen LogP contribution in [-0.4, -0.2) is 26.7 Å². The molecule has 0 bridgehead atoms. The average molecular weight is 310 g/mol. The molecule has 1 rings (SSSR count). The summed E-state index contributed by atoms with van der Waals surface area (Å²) in [5.74, 6) is 0. The second-order valence-electron chi connectivity index (χ2n) is 5.80. The Kier molecular flexibility index (Phi) is 6.34. The van der Waals surface area contributed by atoms with Crippen molar-refractivity contribution in [2.75, 3.05) is 13.2 Å². The van der Waals surface area contributed by atoms with Crippen LogP contribution in [0.15, 0.2) is 29.2 Å². The predicted octanol–water partition coefficient (Wildman–Crippen LogP) is 1.83. The Morgan fingerprint density at radius 2 is 1.90 bits per heavy atom. The van der Waals surface area contributed by atoms with Gasteiger partial charge in [-0.15, -0.1) is 0 Å². The molecule has 116 valence electrons. The van der Waals surface area contributed by atoms with E-state index in [1.165, 1.54) is 12.1 Å². The summed E-state index contributed by atoms with van der Waals surface area (Å²) in [5, 5.41) is 17.7. The molecule has 0 aliphatic heterocycles. The van der Waals surface area contributed by atoms with E-state index in [0.29, 0.717) is 13.0 Å². The number of nitrogens with one attached hydrogen (secondary N) is 1. The van der Waals surface area contributed by atoms with Crippen LogP contribution in [-0.2, 0) is 16.4 Å². The van der Waals surface area contributed by atoms with Gasteiger partial charge < -0.3 is 5.11 Å². The van der Waals surface area contributed by atoms with Gasteiger partial charge in [0.05, 0.1) is 17.4 Å². The first kappa shape index (κ1) is 17.6. The van der Waals surface area contributed by atoms with Crippen LogP contribution < -0.4 is 4.72 Å². The normalized spacial score (nSPS) is 12.1. The molecule has 2 N–H and O–H groups in total. The predicted molar refractivity (Wildman–Crippen MR) is 81.0 cm³/mol. The van der Waals surface area contributed by atoms with Crippen molar-refractivity contribution in [3.63, 3.8) is 0 Å². The van der Waals surface area contributed by atoms with Crippen molar-refractivity contribution in [3.05, 3.63) is 29.8 Å². The summed E-state index contributed by atoms with van der Waals surface area (Å²) < 4.78 is 26.7. The molecule has 0 unspecified atom stereocenters. The third kappa shape index (κ3) is 5.84. The quantitative estimate of drug-likeness (QED) is 0.717. The van der Waals surface area contributed by atoms with E-state index >= 15 is 0 Å². The Balaban J connectivity index is 2.56. The van der Waals surface area contributed by atoms with Crippen molar-refractivity contribution < 1.29 is 13.5 Å². The van der Waals surface area contributed by atoms with Crippen molar-refractivity contribution in [1.82, 2.24) is 4.72 Å². The van der Waals surface area contributed by atoms with E-state index < -0.39 is 10.0 Å². The molecule has 5 nitrogen and oxygen atoms in total. The van der Waals surface area contributed by atoms with Gasteiger partial charge in [0, 0.05) is 13.2 Å². The fourth-order valence-electron chi connectivity index (χ4n) is 1.81. The highest BCUT2D eigenvalue weighted by molar-refractivity contribution is 7.89. The molecule has 0 saturated heterocycles. The van der Waals surface area contributed by atoms with Crippen molar-refractivity contribution in [2.24, 2.45) is 5.41 Å². The number of nitrogens with zero attached hydrogens (tertiary/aromatic N) is 1. The Hall–Kier alpha value is -1.42. The number of aliphatic hydroxyl groups is 1. The van der Waals surface area contributed by atoms with Crippen LogP contribution in [0.25, 0.3) is 0 Å². The number of hydrogen-bond acceptors (Lipinski definition) is 4. The number of benzene rings is 1. The molecule has 0 aromatic heterocycles. The summed E-state index contributed by atoms with van der Waals surface area (Å²) in [6.07, 6.45) is 1.68. The highest BCUT2D eigenvalue weighted by atomic mass is 32.2. The van der Waals surface area contributed by atoms with Gasteiger partial charge in [-0.25, -0.2) is 13.1 Å². The number of nitriles is 1.